The summed E-state index contributed by atoms with van der Waals surface area (Å²) >= 11 is -2.29. The Hall–Kier alpha value is -4.38. The van der Waals surface area contributed by atoms with E-state index in [0.717, 1.165) is 0 Å². The van der Waals surface area contributed by atoms with Crippen molar-refractivity contribution in [2.75, 3.05) is 0 Å². The van der Waals surface area contributed by atoms with Gasteiger partial charge in [0.1, 0.15) is 0 Å². The van der Waals surface area contributed by atoms with Gasteiger partial charge < -0.3 is 0 Å². The molecule has 0 N–H and O–H groups in total. The van der Waals surface area contributed by atoms with E-state index in [-0.39, 0.29) is 0 Å². The minimum absolute atomic E-state index is 0.885. The Morgan fingerprint density at radius 1 is 0.340 bits per heavy atom. The summed E-state index contributed by atoms with van der Waals surface area (Å²) in [4.78, 5) is 0. The zero-order chi connectivity index (χ0) is 36.9. The summed E-state index contributed by atoms with van der Waals surface area (Å²) in [6, 6.07) is 64.6. The van der Waals surface area contributed by atoms with E-state index in [0.29, 0.717) is 0 Å². The molecule has 5 heteroatoms. The summed E-state index contributed by atoms with van der Waals surface area (Å²) in [6.45, 7) is 8.72. The fourth-order valence-corrected chi connectivity index (χ4v) is 11.9. The van der Waals surface area contributed by atoms with Crippen LogP contribution in [0.2, 0.25) is 0 Å². The predicted octanol–water partition coefficient (Wildman–Crippen LogP) is 11.2. The first-order valence-corrected chi connectivity index (χ1v) is 21.6. The normalized spacial score (nSPS) is 11.3. The number of aryl methyl sites for hydroxylation is 4. The summed E-state index contributed by atoms with van der Waals surface area (Å²) < 4.78 is 19.4. The maximum atomic E-state index is 9.72. The molecule has 0 fully saturated rings. The van der Waals surface area contributed by atoms with Gasteiger partial charge in [-0.3, -0.25) is 0 Å². The van der Waals surface area contributed by atoms with Gasteiger partial charge in [0.25, 0.3) is 0 Å². The fraction of sp³-hybridized carbons (Fsp3) is 0.0833. The predicted molar refractivity (Wildman–Crippen MR) is 225 cm³/mol. The van der Waals surface area contributed by atoms with Gasteiger partial charge in [0.2, 0.25) is 0 Å². The van der Waals surface area contributed by atoms with E-state index in [1.54, 1.807) is 0 Å². The molecule has 0 atom stereocenters. The van der Waals surface area contributed by atoms with Crippen LogP contribution in [0, 0.1) is 27.7 Å². The van der Waals surface area contributed by atoms with Crippen LogP contribution < -0.4 is 31.8 Å². The first-order valence-electron chi connectivity index (χ1n) is 17.6. The molecule has 8 aromatic carbocycles. The number of hydrogen-bond acceptors (Lipinski definition) is 0. The van der Waals surface area contributed by atoms with Gasteiger partial charge in [0.15, 0.2) is 0 Å². The van der Waals surface area contributed by atoms with Crippen LogP contribution in [0.15, 0.2) is 170 Å². The van der Waals surface area contributed by atoms with Gasteiger partial charge in [-0.05, 0) is 108 Å². The van der Waals surface area contributed by atoms with E-state index in [1.165, 1.54) is 86.8 Å². The molecule has 0 saturated carbocycles. The summed E-state index contributed by atoms with van der Waals surface area (Å²) in [5, 5.41) is 13.4. The van der Waals surface area contributed by atoms with Gasteiger partial charge >= 0.3 is 24.8 Å². The Morgan fingerprint density at radius 3 is 0.887 bits per heavy atom. The van der Waals surface area contributed by atoms with Crippen LogP contribution in [-0.2, 0) is 18.1 Å². The van der Waals surface area contributed by atoms with Gasteiger partial charge in [-0.25, -0.2) is 0 Å². The van der Waals surface area contributed by atoms with Gasteiger partial charge in [0, 0.05) is 0 Å². The molecule has 53 heavy (non-hydrogen) atoms. The van der Waals surface area contributed by atoms with E-state index in [2.05, 4.69) is 198 Å². The second-order valence-electron chi connectivity index (χ2n) is 13.4. The zero-order valence-electron chi connectivity index (χ0n) is 30.2. The van der Waals surface area contributed by atoms with Gasteiger partial charge in [-0.1, -0.05) is 192 Å². The molecule has 0 saturated heterocycles. The number of fused-ring (bicyclic) bond motifs is 2. The third kappa shape index (κ3) is 7.96. The molecular formula is C48H40F2P2Ru. The summed E-state index contributed by atoms with van der Waals surface area (Å²) in [5.74, 6) is 0. The molecule has 0 nitrogen and oxygen atoms in total. The van der Waals surface area contributed by atoms with Crippen molar-refractivity contribution in [1.82, 2.24) is 0 Å². The Kier molecular flexibility index (Phi) is 11.7. The SMILES string of the molecule is Cc1ccc(P(c2ccc(C)cc2)c2ccc3ccccc3c2-c2c(P(c3ccc(C)cc3)c3ccc(C)cc3)ccc3ccccc23)cc1.[F][Ru][F]. The van der Waals surface area contributed by atoms with Crippen LogP contribution in [0.1, 0.15) is 22.3 Å². The van der Waals surface area contributed by atoms with E-state index in [4.69, 9.17) is 0 Å². The zero-order valence-corrected chi connectivity index (χ0v) is 33.7. The van der Waals surface area contributed by atoms with Gasteiger partial charge in [0.05, 0.1) is 0 Å². The average molecular weight is 818 g/mol. The molecule has 8 rings (SSSR count). The standard InChI is InChI=1S/C48H40P2.2FH.Ru/c1-33-13-23-39(24-14-33)49(40-25-15-34(2)16-26-40)45-31-21-37-9-5-7-11-43(37)47(45)48-44-12-8-6-10-38(44)22-32-46(48)50(41-27-17-35(3)18-28-41)42-29-19-36(4)20-30-42;;;/h5-32H,1-4H3;2*1H;/q;;;+2/p-2. The van der Waals surface area contributed by atoms with Crippen LogP contribution in [0.4, 0.5) is 6.63 Å². The number of hydrogen-bond donors (Lipinski definition) is 0. The Balaban J connectivity index is 0.00000140. The third-order valence-electron chi connectivity index (χ3n) is 9.71. The molecule has 264 valence electrons. The molecular weight excluding hydrogens is 778 g/mol. The van der Waals surface area contributed by atoms with Crippen LogP contribution in [-0.4, -0.2) is 0 Å². The molecule has 0 amide bonds. The number of rotatable bonds is 7. The monoisotopic (exact) mass is 818 g/mol. The van der Waals surface area contributed by atoms with Crippen molar-refractivity contribution in [3.8, 4) is 11.1 Å². The molecule has 0 aliphatic carbocycles. The fourth-order valence-electron chi connectivity index (χ4n) is 7.05. The van der Waals surface area contributed by atoms with Crippen molar-refractivity contribution in [2.24, 2.45) is 0 Å². The number of benzene rings is 8. The van der Waals surface area contributed by atoms with Crippen molar-refractivity contribution in [1.29, 1.82) is 0 Å². The van der Waals surface area contributed by atoms with Crippen molar-refractivity contribution >= 4 is 69.2 Å². The van der Waals surface area contributed by atoms with Crippen LogP contribution in [0.25, 0.3) is 32.7 Å². The second kappa shape index (κ2) is 16.7. The topological polar surface area (TPSA) is 0 Å². The van der Waals surface area contributed by atoms with Gasteiger partial charge in [-0.2, -0.15) is 0 Å². The van der Waals surface area contributed by atoms with Gasteiger partial charge in [-0.15, -0.1) is 0 Å². The molecule has 0 heterocycles. The van der Waals surface area contributed by atoms with E-state index < -0.39 is 34.0 Å². The van der Waals surface area contributed by atoms with Crippen molar-refractivity contribution < 1.29 is 24.8 Å². The Morgan fingerprint density at radius 2 is 0.604 bits per heavy atom. The van der Waals surface area contributed by atoms with Crippen molar-refractivity contribution in [3.05, 3.63) is 192 Å². The van der Waals surface area contributed by atoms with Crippen molar-refractivity contribution in [2.45, 2.75) is 27.7 Å². The second-order valence-corrected chi connectivity index (χ2v) is 18.0. The van der Waals surface area contributed by atoms with Crippen LogP contribution in [0.5, 0.6) is 0 Å². The van der Waals surface area contributed by atoms with Crippen molar-refractivity contribution in [3.63, 3.8) is 0 Å². The van der Waals surface area contributed by atoms with E-state index in [9.17, 15) is 6.63 Å². The Labute approximate surface area is 323 Å². The van der Waals surface area contributed by atoms with E-state index in [1.807, 2.05) is 0 Å². The van der Waals surface area contributed by atoms with Crippen LogP contribution >= 0.6 is 15.8 Å². The molecule has 0 aromatic heterocycles. The Bertz CT molecular complexity index is 2210. The minimum atomic E-state index is -2.29. The molecule has 0 radical (unpaired) electrons. The first kappa shape index (κ1) is 37.0. The third-order valence-corrected chi connectivity index (χ3v) is 14.7. The molecule has 0 aliphatic heterocycles. The van der Waals surface area contributed by atoms with E-state index >= 15 is 0 Å². The van der Waals surface area contributed by atoms with Crippen LogP contribution in [0.3, 0.4) is 0 Å². The average Bonchev–Trinajstić information content (AvgIpc) is 3.18. The quantitative estimate of drug-likeness (QED) is 0.111. The number of halogens is 2. The molecule has 0 spiro atoms. The summed E-state index contributed by atoms with van der Waals surface area (Å²) in [7, 11) is -1.77. The summed E-state index contributed by atoms with van der Waals surface area (Å²) in [5.41, 5.74) is 7.84. The molecule has 8 aromatic rings. The first-order chi connectivity index (χ1) is 25.9. The maximum absolute atomic E-state index is 9.72. The molecule has 0 unspecified atom stereocenters. The molecule has 0 aliphatic rings. The summed E-state index contributed by atoms with van der Waals surface area (Å²) in [6.07, 6.45) is 0. The molecule has 0 bridgehead atoms.